The Hall–Kier alpha value is -2.91. The van der Waals surface area contributed by atoms with Gasteiger partial charge in [-0.05, 0) is 48.7 Å². The summed E-state index contributed by atoms with van der Waals surface area (Å²) in [5, 5.41) is 0.920. The van der Waals surface area contributed by atoms with Crippen LogP contribution >= 0.6 is 11.3 Å². The quantitative estimate of drug-likeness (QED) is 0.565. The van der Waals surface area contributed by atoms with Crippen LogP contribution in [0.15, 0.2) is 36.4 Å². The van der Waals surface area contributed by atoms with E-state index in [4.69, 9.17) is 9.47 Å². The van der Waals surface area contributed by atoms with Crippen molar-refractivity contribution in [3.8, 4) is 11.5 Å². The van der Waals surface area contributed by atoms with Crippen LogP contribution in [0.1, 0.15) is 18.4 Å². The molecule has 0 spiro atoms. The Labute approximate surface area is 201 Å². The van der Waals surface area contributed by atoms with Gasteiger partial charge in [-0.3, -0.25) is 9.69 Å². The predicted molar refractivity (Wildman–Crippen MR) is 129 cm³/mol. The van der Waals surface area contributed by atoms with E-state index in [1.165, 1.54) is 23.0 Å². The van der Waals surface area contributed by atoms with Crippen LogP contribution < -0.4 is 14.4 Å². The van der Waals surface area contributed by atoms with Crippen LogP contribution in [0.2, 0.25) is 0 Å². The number of amides is 1. The molecule has 0 N–H and O–H groups in total. The van der Waals surface area contributed by atoms with Crippen molar-refractivity contribution in [1.82, 2.24) is 14.8 Å². The number of piperidine rings is 1. The van der Waals surface area contributed by atoms with E-state index in [0.29, 0.717) is 6.79 Å². The maximum Gasteiger partial charge on any atom is 0.231 e. The molecule has 2 fully saturated rings. The maximum absolute atomic E-state index is 13.5. The first-order valence-electron chi connectivity index (χ1n) is 11.8. The number of carbonyl (C=O) groups is 1. The number of piperazine rings is 1. The summed E-state index contributed by atoms with van der Waals surface area (Å²) in [4.78, 5) is 24.5. The third-order valence-corrected chi connectivity index (χ3v) is 8.06. The van der Waals surface area contributed by atoms with Gasteiger partial charge in [-0.1, -0.05) is 17.4 Å². The minimum absolute atomic E-state index is 0.0727. The second-order valence-electron chi connectivity index (χ2n) is 9.16. The summed E-state index contributed by atoms with van der Waals surface area (Å²) in [7, 11) is 0. The zero-order chi connectivity index (χ0) is 23.1. The van der Waals surface area contributed by atoms with Crippen LogP contribution in [0.3, 0.4) is 0 Å². The molecule has 7 nitrogen and oxygen atoms in total. The number of hydrogen-bond acceptors (Lipinski definition) is 7. The van der Waals surface area contributed by atoms with Crippen LogP contribution in [0.5, 0.6) is 11.5 Å². The monoisotopic (exact) mass is 482 g/mol. The third-order valence-electron chi connectivity index (χ3n) is 6.98. The molecule has 0 atom stereocenters. The molecule has 6 rings (SSSR count). The lowest BCUT2D eigenvalue weighted by Crippen LogP contribution is -2.51. The first-order chi connectivity index (χ1) is 16.6. The second kappa shape index (κ2) is 9.03. The van der Waals surface area contributed by atoms with Crippen molar-refractivity contribution in [3.05, 3.63) is 47.8 Å². The highest BCUT2D eigenvalue weighted by molar-refractivity contribution is 7.22. The number of rotatable bonds is 4. The van der Waals surface area contributed by atoms with Crippen molar-refractivity contribution in [2.75, 3.05) is 51.0 Å². The highest BCUT2D eigenvalue weighted by Crippen LogP contribution is 2.34. The van der Waals surface area contributed by atoms with Gasteiger partial charge in [0.05, 0.1) is 10.2 Å². The number of carbonyl (C=O) groups excluding carboxylic acids is 1. The molecule has 34 heavy (non-hydrogen) atoms. The predicted octanol–water partition coefficient (Wildman–Crippen LogP) is 3.72. The molecule has 1 aromatic heterocycles. The van der Waals surface area contributed by atoms with Gasteiger partial charge in [-0.25, -0.2) is 9.37 Å². The minimum atomic E-state index is -0.233. The smallest absolute Gasteiger partial charge is 0.231 e. The number of anilines is 1. The lowest BCUT2D eigenvalue weighted by Gasteiger charge is -2.38. The van der Waals surface area contributed by atoms with Crippen LogP contribution in [0.25, 0.3) is 10.2 Å². The van der Waals surface area contributed by atoms with Gasteiger partial charge in [0.15, 0.2) is 16.6 Å². The summed E-state index contributed by atoms with van der Waals surface area (Å²) in [5.41, 5.74) is 2.03. The number of ether oxygens (including phenoxy) is 2. The molecule has 178 valence electrons. The largest absolute Gasteiger partial charge is 0.454 e. The fraction of sp³-hybridized carbons (Fsp3) is 0.440. The highest BCUT2D eigenvalue weighted by Gasteiger charge is 2.31. The van der Waals surface area contributed by atoms with E-state index >= 15 is 0 Å². The highest BCUT2D eigenvalue weighted by atomic mass is 32.1. The molecule has 1 amide bonds. The molecular formula is C25H27FN4O3S. The maximum atomic E-state index is 13.5. The third kappa shape index (κ3) is 4.30. The van der Waals surface area contributed by atoms with Gasteiger partial charge in [0.1, 0.15) is 5.82 Å². The second-order valence-corrected chi connectivity index (χ2v) is 10.2. The Balaban J connectivity index is 0.998. The zero-order valence-electron chi connectivity index (χ0n) is 18.9. The number of thiazole rings is 1. The van der Waals surface area contributed by atoms with E-state index in [9.17, 15) is 9.18 Å². The van der Waals surface area contributed by atoms with Gasteiger partial charge in [-0.15, -0.1) is 0 Å². The lowest BCUT2D eigenvalue weighted by molar-refractivity contribution is -0.138. The van der Waals surface area contributed by atoms with Crippen molar-refractivity contribution < 1.29 is 18.7 Å². The molecule has 0 radical (unpaired) electrons. The number of nitrogens with zero attached hydrogens (tertiary/aromatic N) is 4. The Morgan fingerprint density at radius 1 is 1.00 bits per heavy atom. The topological polar surface area (TPSA) is 58.1 Å². The first kappa shape index (κ1) is 21.6. The van der Waals surface area contributed by atoms with Crippen molar-refractivity contribution in [1.29, 1.82) is 0 Å². The molecule has 0 saturated carbocycles. The summed E-state index contributed by atoms with van der Waals surface area (Å²) >= 11 is 1.52. The van der Waals surface area contributed by atoms with E-state index in [0.717, 1.165) is 85.5 Å². The van der Waals surface area contributed by atoms with Crippen LogP contribution in [0, 0.1) is 11.7 Å². The number of aromatic nitrogens is 1. The summed E-state index contributed by atoms with van der Waals surface area (Å²) in [6, 6.07) is 10.8. The summed E-state index contributed by atoms with van der Waals surface area (Å²) in [6.45, 7) is 6.05. The fourth-order valence-corrected chi connectivity index (χ4v) is 6.06. The van der Waals surface area contributed by atoms with E-state index in [1.807, 2.05) is 11.0 Å². The molecule has 2 aromatic carbocycles. The first-order valence-corrected chi connectivity index (χ1v) is 12.6. The SMILES string of the molecule is O=C(C1CCN(c2nc3ccc(F)cc3s2)CC1)N1CCN(Cc2ccc3c(c2)OCO3)CC1. The van der Waals surface area contributed by atoms with Gasteiger partial charge < -0.3 is 19.3 Å². The molecule has 3 aliphatic rings. The van der Waals surface area contributed by atoms with Crippen LogP contribution in [-0.4, -0.2) is 66.8 Å². The normalized spacial score (nSPS) is 19.2. The standard InChI is InChI=1S/C25H27FN4O3S/c26-19-2-3-20-23(14-19)34-25(27-20)30-7-5-18(6-8-30)24(31)29-11-9-28(10-12-29)15-17-1-4-21-22(13-17)33-16-32-21/h1-4,13-14,18H,5-12,15-16H2. The number of benzene rings is 2. The molecule has 0 aliphatic carbocycles. The Bertz CT molecular complexity index is 1200. The molecule has 3 aliphatic heterocycles. The van der Waals surface area contributed by atoms with E-state index in [1.54, 1.807) is 12.1 Å². The fourth-order valence-electron chi connectivity index (χ4n) is 5.02. The van der Waals surface area contributed by atoms with Gasteiger partial charge in [0.2, 0.25) is 12.7 Å². The number of fused-ring (bicyclic) bond motifs is 2. The minimum Gasteiger partial charge on any atom is -0.454 e. The van der Waals surface area contributed by atoms with E-state index in [2.05, 4.69) is 26.9 Å². The lowest BCUT2D eigenvalue weighted by atomic mass is 9.95. The van der Waals surface area contributed by atoms with E-state index in [-0.39, 0.29) is 17.6 Å². The summed E-state index contributed by atoms with van der Waals surface area (Å²) < 4.78 is 25.2. The molecule has 4 heterocycles. The molecule has 2 saturated heterocycles. The Morgan fingerprint density at radius 2 is 1.79 bits per heavy atom. The van der Waals surface area contributed by atoms with Crippen LogP contribution in [0.4, 0.5) is 9.52 Å². The molecule has 0 bridgehead atoms. The molecule has 3 aromatic rings. The number of halogens is 1. The van der Waals surface area contributed by atoms with E-state index < -0.39 is 0 Å². The molecule has 0 unspecified atom stereocenters. The van der Waals surface area contributed by atoms with Gasteiger partial charge in [-0.2, -0.15) is 0 Å². The van der Waals surface area contributed by atoms with Crippen LogP contribution in [-0.2, 0) is 11.3 Å². The Kier molecular flexibility index (Phi) is 5.74. The zero-order valence-corrected chi connectivity index (χ0v) is 19.7. The Morgan fingerprint density at radius 3 is 2.62 bits per heavy atom. The van der Waals surface area contributed by atoms with Crippen molar-refractivity contribution >= 4 is 32.6 Å². The van der Waals surface area contributed by atoms with Gasteiger partial charge >= 0.3 is 0 Å². The van der Waals surface area contributed by atoms with Crippen molar-refractivity contribution in [3.63, 3.8) is 0 Å². The van der Waals surface area contributed by atoms with Crippen molar-refractivity contribution in [2.45, 2.75) is 19.4 Å². The summed E-state index contributed by atoms with van der Waals surface area (Å²) in [5.74, 6) is 1.75. The van der Waals surface area contributed by atoms with Gasteiger partial charge in [0, 0.05) is 51.7 Å². The number of hydrogen-bond donors (Lipinski definition) is 0. The van der Waals surface area contributed by atoms with Crippen molar-refractivity contribution in [2.24, 2.45) is 5.92 Å². The van der Waals surface area contributed by atoms with Gasteiger partial charge in [0.25, 0.3) is 0 Å². The average molecular weight is 483 g/mol. The molecule has 9 heteroatoms. The molecular weight excluding hydrogens is 455 g/mol. The summed E-state index contributed by atoms with van der Waals surface area (Å²) in [6.07, 6.45) is 1.67. The average Bonchev–Trinajstić information content (AvgIpc) is 3.50.